The van der Waals surface area contributed by atoms with E-state index in [1.165, 1.54) is 12.1 Å². The number of nitrogens with one attached hydrogen (secondary N) is 1. The van der Waals surface area contributed by atoms with E-state index in [0.717, 1.165) is 6.08 Å². The van der Waals surface area contributed by atoms with E-state index >= 15 is 0 Å². The van der Waals surface area contributed by atoms with Crippen molar-refractivity contribution in [3.63, 3.8) is 0 Å². The summed E-state index contributed by atoms with van der Waals surface area (Å²) in [5.74, 6) is -0.587. The van der Waals surface area contributed by atoms with Crippen molar-refractivity contribution in [3.05, 3.63) is 45.4 Å². The molecule has 2 rings (SSSR count). The van der Waals surface area contributed by atoms with Crippen molar-refractivity contribution in [2.45, 2.75) is 6.92 Å². The molecule has 1 aliphatic carbocycles. The molecule has 0 radical (unpaired) electrons. The van der Waals surface area contributed by atoms with Crippen LogP contribution in [0.25, 0.3) is 0 Å². The number of fused-ring (bicyclic) bond motifs is 1. The maximum atomic E-state index is 11.3. The van der Waals surface area contributed by atoms with E-state index in [4.69, 9.17) is 0 Å². The Hall–Kier alpha value is -1.97. The molecule has 0 unspecified atom stereocenters. The van der Waals surface area contributed by atoms with Gasteiger partial charge in [-0.15, -0.1) is 0 Å². The number of carbonyl (C=O) groups is 2. The first-order valence-corrected chi connectivity index (χ1v) is 4.10. The lowest BCUT2D eigenvalue weighted by Gasteiger charge is -2.08. The van der Waals surface area contributed by atoms with Crippen LogP contribution < -0.4 is 5.56 Å². The fourth-order valence-electron chi connectivity index (χ4n) is 1.35. The number of ketones is 2. The number of hydrogen-bond donors (Lipinski definition) is 1. The van der Waals surface area contributed by atoms with Crippen molar-refractivity contribution in [2.75, 3.05) is 0 Å². The second-order valence-corrected chi connectivity index (χ2v) is 3.13. The van der Waals surface area contributed by atoms with Crippen LogP contribution in [0.5, 0.6) is 0 Å². The van der Waals surface area contributed by atoms with Crippen molar-refractivity contribution in [2.24, 2.45) is 0 Å². The lowest BCUT2D eigenvalue weighted by molar-refractivity contribution is 0.0990. The molecule has 1 N–H and O–H groups in total. The van der Waals surface area contributed by atoms with Crippen molar-refractivity contribution >= 4 is 11.6 Å². The molecule has 4 nitrogen and oxygen atoms in total. The topological polar surface area (TPSA) is 67.0 Å². The minimum atomic E-state index is -0.336. The molecule has 1 aliphatic rings. The van der Waals surface area contributed by atoms with E-state index in [1.54, 1.807) is 6.92 Å². The van der Waals surface area contributed by atoms with Gasteiger partial charge < -0.3 is 4.98 Å². The average molecular weight is 189 g/mol. The zero-order valence-corrected chi connectivity index (χ0v) is 7.46. The van der Waals surface area contributed by atoms with E-state index in [-0.39, 0.29) is 28.4 Å². The van der Waals surface area contributed by atoms with Crippen LogP contribution in [0.2, 0.25) is 0 Å². The molecule has 0 fully saturated rings. The largest absolute Gasteiger partial charge is 0.318 e. The van der Waals surface area contributed by atoms with Crippen molar-refractivity contribution in [1.29, 1.82) is 0 Å². The number of aromatic amines is 1. The van der Waals surface area contributed by atoms with Gasteiger partial charge in [-0.2, -0.15) is 0 Å². The highest BCUT2D eigenvalue weighted by Gasteiger charge is 2.20. The summed E-state index contributed by atoms with van der Waals surface area (Å²) in [6, 6.07) is 1.44. The summed E-state index contributed by atoms with van der Waals surface area (Å²) < 4.78 is 0. The summed E-state index contributed by atoms with van der Waals surface area (Å²) in [5.41, 5.74) is 0.461. The zero-order valence-electron chi connectivity index (χ0n) is 7.46. The van der Waals surface area contributed by atoms with Crippen LogP contribution in [0.4, 0.5) is 0 Å². The van der Waals surface area contributed by atoms with Crippen LogP contribution in [0.3, 0.4) is 0 Å². The van der Waals surface area contributed by atoms with Crippen molar-refractivity contribution in [1.82, 2.24) is 4.98 Å². The quantitative estimate of drug-likeness (QED) is 0.650. The van der Waals surface area contributed by atoms with E-state index in [9.17, 15) is 14.4 Å². The number of hydrogen-bond acceptors (Lipinski definition) is 3. The Labute approximate surface area is 79.3 Å². The molecule has 14 heavy (non-hydrogen) atoms. The number of H-pyrrole nitrogens is 1. The minimum Gasteiger partial charge on any atom is -0.318 e. The molecule has 0 saturated heterocycles. The summed E-state index contributed by atoms with van der Waals surface area (Å²) in [5, 5.41) is 0. The summed E-state index contributed by atoms with van der Waals surface area (Å²) in [7, 11) is 0. The number of aromatic nitrogens is 1. The van der Waals surface area contributed by atoms with Crippen molar-refractivity contribution < 1.29 is 9.59 Å². The third kappa shape index (κ3) is 1.12. The Kier molecular flexibility index (Phi) is 1.70. The molecule has 4 heteroatoms. The highest BCUT2D eigenvalue weighted by atomic mass is 16.1. The fraction of sp³-hybridized carbons (Fsp3) is 0.100. The number of allylic oxidation sites excluding steroid dienone is 2. The van der Waals surface area contributed by atoms with Crippen LogP contribution in [0.15, 0.2) is 23.0 Å². The van der Waals surface area contributed by atoms with E-state index in [2.05, 4.69) is 4.98 Å². The highest BCUT2D eigenvalue weighted by molar-refractivity contribution is 6.21. The molecular formula is C10H7NO3. The first-order valence-electron chi connectivity index (χ1n) is 4.10. The van der Waals surface area contributed by atoms with Gasteiger partial charge >= 0.3 is 0 Å². The van der Waals surface area contributed by atoms with Crippen LogP contribution >= 0.6 is 0 Å². The normalized spacial score (nSPS) is 14.4. The van der Waals surface area contributed by atoms with Gasteiger partial charge in [0.05, 0.1) is 0 Å². The van der Waals surface area contributed by atoms with Gasteiger partial charge in [-0.05, 0) is 25.1 Å². The Morgan fingerprint density at radius 2 is 1.71 bits per heavy atom. The Balaban J connectivity index is 2.79. The maximum Gasteiger partial charge on any atom is 0.251 e. The van der Waals surface area contributed by atoms with Gasteiger partial charge in [0.1, 0.15) is 5.69 Å². The van der Waals surface area contributed by atoms with Crippen LogP contribution in [0, 0.1) is 6.92 Å². The van der Waals surface area contributed by atoms with Gasteiger partial charge in [-0.1, -0.05) is 0 Å². The van der Waals surface area contributed by atoms with Gasteiger partial charge in [0.25, 0.3) is 5.56 Å². The van der Waals surface area contributed by atoms with Gasteiger partial charge in [0.2, 0.25) is 5.78 Å². The molecule has 1 aromatic heterocycles. The van der Waals surface area contributed by atoms with E-state index in [0.29, 0.717) is 5.56 Å². The van der Waals surface area contributed by atoms with E-state index < -0.39 is 0 Å². The Morgan fingerprint density at radius 1 is 1.07 bits per heavy atom. The smallest absolute Gasteiger partial charge is 0.251 e. The van der Waals surface area contributed by atoms with Crippen molar-refractivity contribution in [3.8, 4) is 0 Å². The fourth-order valence-corrected chi connectivity index (χ4v) is 1.35. The van der Waals surface area contributed by atoms with Gasteiger partial charge in [0, 0.05) is 11.1 Å². The SMILES string of the molecule is Cc1cc2c([nH]c1=O)C(=O)C=CC2=O. The molecule has 0 aliphatic heterocycles. The molecule has 1 aromatic rings. The summed E-state index contributed by atoms with van der Waals surface area (Å²) in [4.78, 5) is 36.2. The molecule has 70 valence electrons. The maximum absolute atomic E-state index is 11.3. The number of carbonyl (C=O) groups excluding carboxylic acids is 2. The monoisotopic (exact) mass is 189 g/mol. The molecule has 1 heterocycles. The van der Waals surface area contributed by atoms with Gasteiger partial charge in [0.15, 0.2) is 5.78 Å². The first kappa shape index (κ1) is 8.62. The third-order valence-electron chi connectivity index (χ3n) is 2.12. The predicted molar refractivity (Wildman–Crippen MR) is 49.6 cm³/mol. The second-order valence-electron chi connectivity index (χ2n) is 3.13. The number of aryl methyl sites for hydroxylation is 1. The molecule has 0 spiro atoms. The summed E-state index contributed by atoms with van der Waals surface area (Å²) >= 11 is 0. The minimum absolute atomic E-state index is 0.0908. The van der Waals surface area contributed by atoms with Crippen LogP contribution in [-0.2, 0) is 0 Å². The first-order chi connectivity index (χ1) is 6.59. The van der Waals surface area contributed by atoms with Gasteiger partial charge in [-0.3, -0.25) is 14.4 Å². The summed E-state index contributed by atoms with van der Waals surface area (Å²) in [6.07, 6.45) is 2.37. The Bertz CT molecular complexity index is 523. The molecule has 0 aromatic carbocycles. The van der Waals surface area contributed by atoms with E-state index in [1.807, 2.05) is 0 Å². The summed E-state index contributed by atoms with van der Waals surface area (Å²) in [6.45, 7) is 1.59. The lowest BCUT2D eigenvalue weighted by atomic mass is 9.99. The Morgan fingerprint density at radius 3 is 2.43 bits per heavy atom. The molecule has 0 bridgehead atoms. The standard InChI is InChI=1S/C10H7NO3/c1-5-4-6-7(12)2-3-8(13)9(6)11-10(5)14/h2-4H,1H3,(H,11,14). The molecule has 0 atom stereocenters. The average Bonchev–Trinajstić information content (AvgIpc) is 2.15. The third-order valence-corrected chi connectivity index (χ3v) is 2.12. The number of pyridine rings is 1. The van der Waals surface area contributed by atoms with Gasteiger partial charge in [-0.25, -0.2) is 0 Å². The second kappa shape index (κ2) is 2.77. The predicted octanol–water partition coefficient (Wildman–Crippen LogP) is 0.619. The lowest BCUT2D eigenvalue weighted by Crippen LogP contribution is -2.21. The van der Waals surface area contributed by atoms with Crippen LogP contribution in [-0.4, -0.2) is 16.6 Å². The molecule has 0 saturated carbocycles. The van der Waals surface area contributed by atoms with Crippen LogP contribution in [0.1, 0.15) is 26.4 Å². The molecule has 0 amide bonds. The number of rotatable bonds is 0. The zero-order chi connectivity index (χ0) is 10.3. The highest BCUT2D eigenvalue weighted by Crippen LogP contribution is 2.13. The molecular weight excluding hydrogens is 182 g/mol.